The average molecular weight is 284 g/mol. The molecule has 0 saturated carbocycles. The van der Waals surface area contributed by atoms with Crippen molar-refractivity contribution in [3.05, 3.63) is 29.3 Å². The third-order valence-electron chi connectivity index (χ3n) is 2.75. The highest BCUT2D eigenvalue weighted by Gasteiger charge is 2.11. The molecule has 4 nitrogen and oxygen atoms in total. The summed E-state index contributed by atoms with van der Waals surface area (Å²) in [6.45, 7) is 4.05. The van der Waals surface area contributed by atoms with Gasteiger partial charge in [-0.25, -0.2) is 4.79 Å². The molecule has 19 heavy (non-hydrogen) atoms. The molecule has 1 aromatic rings. The Morgan fingerprint density at radius 2 is 1.74 bits per heavy atom. The van der Waals surface area contributed by atoms with Gasteiger partial charge in [-0.15, -0.1) is 11.6 Å². The Kier molecular flexibility index (Phi) is 6.36. The van der Waals surface area contributed by atoms with Crippen molar-refractivity contribution in [2.75, 3.05) is 17.7 Å². The number of anilines is 1. The Bertz CT molecular complexity index is 438. The van der Waals surface area contributed by atoms with E-state index in [-0.39, 0.29) is 12.4 Å². The number of benzene rings is 1. The lowest BCUT2D eigenvalue weighted by molar-refractivity contribution is -0.156. The topological polar surface area (TPSA) is 55.4 Å². The van der Waals surface area contributed by atoms with Crippen molar-refractivity contribution >= 4 is 29.2 Å². The summed E-state index contributed by atoms with van der Waals surface area (Å²) >= 11 is 5.26. The van der Waals surface area contributed by atoms with Crippen LogP contribution < -0.4 is 5.32 Å². The minimum Gasteiger partial charge on any atom is -0.391 e. The van der Waals surface area contributed by atoms with Gasteiger partial charge in [0.1, 0.15) is 12.4 Å². The Balaban J connectivity index is 2.71. The van der Waals surface area contributed by atoms with Gasteiger partial charge in [0.05, 0.1) is 0 Å². The number of alkyl halides is 1. The summed E-state index contributed by atoms with van der Waals surface area (Å²) in [5.74, 6) is -1.68. The van der Waals surface area contributed by atoms with E-state index in [9.17, 15) is 9.59 Å². The molecule has 0 aliphatic carbocycles. The first kappa shape index (κ1) is 15.5. The lowest BCUT2D eigenvalue weighted by atomic mass is 10.0. The standard InChI is InChI=1S/C14H18ClNO3/c1-3-10-6-5-7-11(4-2)14(10)16-9-13(18)19-12(17)8-15/h5-7,16H,3-4,8-9H2,1-2H3. The van der Waals surface area contributed by atoms with Crippen LogP contribution in [0.3, 0.4) is 0 Å². The van der Waals surface area contributed by atoms with Gasteiger partial charge in [0.15, 0.2) is 0 Å². The number of esters is 2. The molecule has 0 aromatic heterocycles. The van der Waals surface area contributed by atoms with E-state index in [0.29, 0.717) is 0 Å². The van der Waals surface area contributed by atoms with Crippen molar-refractivity contribution in [3.63, 3.8) is 0 Å². The van der Waals surface area contributed by atoms with Gasteiger partial charge in [-0.2, -0.15) is 0 Å². The summed E-state index contributed by atoms with van der Waals surface area (Å²) in [4.78, 5) is 22.3. The number of halogens is 1. The molecule has 0 aliphatic rings. The van der Waals surface area contributed by atoms with Crippen LogP contribution in [0.25, 0.3) is 0 Å². The van der Waals surface area contributed by atoms with Gasteiger partial charge in [0.2, 0.25) is 0 Å². The minimum atomic E-state index is -0.729. The Morgan fingerprint density at radius 1 is 1.16 bits per heavy atom. The maximum absolute atomic E-state index is 11.4. The zero-order valence-electron chi connectivity index (χ0n) is 11.2. The molecule has 0 unspecified atom stereocenters. The van der Waals surface area contributed by atoms with Crippen molar-refractivity contribution in [2.45, 2.75) is 26.7 Å². The van der Waals surface area contributed by atoms with E-state index in [2.05, 4.69) is 23.9 Å². The number of hydrogen-bond acceptors (Lipinski definition) is 4. The predicted molar refractivity (Wildman–Crippen MR) is 75.5 cm³/mol. The highest BCUT2D eigenvalue weighted by atomic mass is 35.5. The van der Waals surface area contributed by atoms with E-state index in [1.165, 1.54) is 0 Å². The van der Waals surface area contributed by atoms with Crippen LogP contribution in [0.5, 0.6) is 0 Å². The second kappa shape index (κ2) is 7.79. The average Bonchev–Trinajstić information content (AvgIpc) is 2.44. The van der Waals surface area contributed by atoms with Gasteiger partial charge < -0.3 is 10.1 Å². The van der Waals surface area contributed by atoms with E-state index in [0.717, 1.165) is 29.7 Å². The fraction of sp³-hybridized carbons (Fsp3) is 0.429. The van der Waals surface area contributed by atoms with Crippen molar-refractivity contribution in [1.82, 2.24) is 0 Å². The largest absolute Gasteiger partial charge is 0.391 e. The normalized spacial score (nSPS) is 10.1. The van der Waals surface area contributed by atoms with Gasteiger partial charge in [-0.3, -0.25) is 4.79 Å². The van der Waals surface area contributed by atoms with Crippen molar-refractivity contribution in [1.29, 1.82) is 0 Å². The fourth-order valence-electron chi connectivity index (χ4n) is 1.82. The molecule has 0 aliphatic heterocycles. The Labute approximate surface area is 118 Å². The van der Waals surface area contributed by atoms with E-state index in [4.69, 9.17) is 11.6 Å². The molecule has 104 valence electrons. The number of carbonyl (C=O) groups excluding carboxylic acids is 2. The predicted octanol–water partition coefficient (Wildman–Crippen LogP) is 2.53. The van der Waals surface area contributed by atoms with Crippen LogP contribution in [0.1, 0.15) is 25.0 Å². The third-order valence-corrected chi connectivity index (χ3v) is 2.96. The molecule has 1 aromatic carbocycles. The van der Waals surface area contributed by atoms with Crippen molar-refractivity contribution < 1.29 is 14.3 Å². The summed E-state index contributed by atoms with van der Waals surface area (Å²) in [6, 6.07) is 6.02. The molecule has 0 amide bonds. The number of carbonyl (C=O) groups is 2. The molecule has 0 heterocycles. The first-order valence-electron chi connectivity index (χ1n) is 6.26. The smallest absolute Gasteiger partial charge is 0.332 e. The zero-order valence-corrected chi connectivity index (χ0v) is 11.9. The van der Waals surface area contributed by atoms with Crippen LogP contribution in [0, 0.1) is 0 Å². The summed E-state index contributed by atoms with van der Waals surface area (Å²) in [5, 5.41) is 3.04. The molecule has 0 atom stereocenters. The van der Waals surface area contributed by atoms with Crippen molar-refractivity contribution in [2.24, 2.45) is 0 Å². The molecule has 1 N–H and O–H groups in total. The number of aryl methyl sites for hydroxylation is 2. The van der Waals surface area contributed by atoms with Gasteiger partial charge in [-0.1, -0.05) is 32.0 Å². The molecule has 0 fully saturated rings. The van der Waals surface area contributed by atoms with Gasteiger partial charge in [0, 0.05) is 5.69 Å². The number of ether oxygens (including phenoxy) is 1. The molecule has 0 spiro atoms. The third kappa shape index (κ3) is 4.56. The fourth-order valence-corrected chi connectivity index (χ4v) is 1.88. The number of nitrogens with one attached hydrogen (secondary N) is 1. The first-order chi connectivity index (χ1) is 9.12. The Morgan fingerprint density at radius 3 is 2.21 bits per heavy atom. The number of hydrogen-bond donors (Lipinski definition) is 1. The first-order valence-corrected chi connectivity index (χ1v) is 6.79. The monoisotopic (exact) mass is 283 g/mol. The van der Waals surface area contributed by atoms with Crippen LogP contribution in [0.15, 0.2) is 18.2 Å². The maximum Gasteiger partial charge on any atom is 0.332 e. The number of rotatable bonds is 6. The maximum atomic E-state index is 11.4. The van der Waals surface area contributed by atoms with Crippen LogP contribution in [-0.4, -0.2) is 24.4 Å². The summed E-state index contributed by atoms with van der Waals surface area (Å²) in [5.41, 5.74) is 3.22. The zero-order chi connectivity index (χ0) is 14.3. The van der Waals surface area contributed by atoms with Crippen LogP contribution >= 0.6 is 11.6 Å². The molecular formula is C14H18ClNO3. The van der Waals surface area contributed by atoms with Crippen LogP contribution in [0.4, 0.5) is 5.69 Å². The van der Waals surface area contributed by atoms with Crippen LogP contribution in [-0.2, 0) is 27.2 Å². The second-order valence-electron chi connectivity index (χ2n) is 3.99. The summed E-state index contributed by atoms with van der Waals surface area (Å²) in [7, 11) is 0. The van der Waals surface area contributed by atoms with E-state index >= 15 is 0 Å². The minimum absolute atomic E-state index is 0.0490. The molecule has 0 bridgehead atoms. The van der Waals surface area contributed by atoms with Gasteiger partial charge >= 0.3 is 11.9 Å². The lowest BCUT2D eigenvalue weighted by Crippen LogP contribution is -2.22. The highest BCUT2D eigenvalue weighted by molar-refractivity contribution is 6.27. The van der Waals surface area contributed by atoms with E-state index < -0.39 is 11.9 Å². The SMILES string of the molecule is CCc1cccc(CC)c1NCC(=O)OC(=O)CCl. The van der Waals surface area contributed by atoms with Gasteiger partial charge in [-0.05, 0) is 24.0 Å². The summed E-state index contributed by atoms with van der Waals surface area (Å²) < 4.78 is 4.50. The molecule has 5 heteroatoms. The lowest BCUT2D eigenvalue weighted by Gasteiger charge is -2.14. The Hall–Kier alpha value is -1.55. The summed E-state index contributed by atoms with van der Waals surface area (Å²) in [6.07, 6.45) is 1.73. The quantitative estimate of drug-likeness (QED) is 0.495. The molecule has 1 rings (SSSR count). The van der Waals surface area contributed by atoms with Gasteiger partial charge in [0.25, 0.3) is 0 Å². The number of para-hydroxylation sites is 1. The van der Waals surface area contributed by atoms with Crippen molar-refractivity contribution in [3.8, 4) is 0 Å². The second-order valence-corrected chi connectivity index (χ2v) is 4.26. The van der Waals surface area contributed by atoms with Crippen LogP contribution in [0.2, 0.25) is 0 Å². The molecule has 0 saturated heterocycles. The van der Waals surface area contributed by atoms with E-state index in [1.54, 1.807) is 0 Å². The molecular weight excluding hydrogens is 266 g/mol. The molecule has 0 radical (unpaired) electrons. The van der Waals surface area contributed by atoms with E-state index in [1.807, 2.05) is 18.2 Å². The highest BCUT2D eigenvalue weighted by Crippen LogP contribution is 2.22.